The van der Waals surface area contributed by atoms with Crippen LogP contribution in [0.25, 0.3) is 5.57 Å². The lowest BCUT2D eigenvalue weighted by molar-refractivity contribution is -0.112. The summed E-state index contributed by atoms with van der Waals surface area (Å²) in [5.41, 5.74) is 1.65. The molecule has 0 unspecified atom stereocenters. The van der Waals surface area contributed by atoms with E-state index in [9.17, 15) is 18.1 Å². The molecule has 1 amide bonds. The van der Waals surface area contributed by atoms with Gasteiger partial charge in [0.15, 0.2) is 9.84 Å². The summed E-state index contributed by atoms with van der Waals surface area (Å²) in [5.74, 6) is -0.433. The molecule has 0 N–H and O–H groups in total. The number of ether oxygens (including phenoxy) is 1. The summed E-state index contributed by atoms with van der Waals surface area (Å²) in [4.78, 5) is 23.5. The molecule has 7 heteroatoms. The molecule has 1 aromatic rings. The minimum atomic E-state index is -3.30. The van der Waals surface area contributed by atoms with Gasteiger partial charge in [-0.2, -0.15) is 0 Å². The second-order valence-electron chi connectivity index (χ2n) is 7.70. The Balaban J connectivity index is 1.74. The average Bonchev–Trinajstić information content (AvgIpc) is 3.58. The van der Waals surface area contributed by atoms with Crippen molar-refractivity contribution in [3.63, 3.8) is 0 Å². The summed E-state index contributed by atoms with van der Waals surface area (Å²) in [6.45, 7) is 1.26. The van der Waals surface area contributed by atoms with E-state index >= 15 is 0 Å². The lowest BCUT2D eigenvalue weighted by atomic mass is 9.93. The maximum absolute atomic E-state index is 12.8. The number of nitroso groups, excluding NO2 is 1. The van der Waals surface area contributed by atoms with Crippen molar-refractivity contribution in [2.45, 2.75) is 54.6 Å². The second-order valence-corrected chi connectivity index (χ2v) is 9.89. The average molecular weight is 389 g/mol. The number of benzene rings is 1. The Labute approximate surface area is 158 Å². The van der Waals surface area contributed by atoms with Gasteiger partial charge < -0.3 is 4.74 Å². The third-order valence-corrected chi connectivity index (χ3v) is 7.92. The van der Waals surface area contributed by atoms with Crippen molar-refractivity contribution in [1.82, 2.24) is 0 Å². The van der Waals surface area contributed by atoms with Gasteiger partial charge in [-0.15, -0.1) is 4.91 Å². The number of rotatable bonds is 6. The van der Waals surface area contributed by atoms with E-state index in [1.165, 1.54) is 0 Å². The van der Waals surface area contributed by atoms with Crippen molar-refractivity contribution < 1.29 is 17.9 Å². The van der Waals surface area contributed by atoms with Crippen LogP contribution in [0.4, 0.5) is 0 Å². The molecule has 144 valence electrons. The van der Waals surface area contributed by atoms with Crippen LogP contribution in [-0.2, 0) is 19.4 Å². The number of nitrogens with zero attached hydrogens (tertiary/aromatic N) is 1. The highest BCUT2D eigenvalue weighted by Crippen LogP contribution is 2.46. The standard InChI is InChI=1S/C20H23NO5S/c22-20(21-23)18(11-13-7-9-26-10-8-13)15-3-6-19(17(12-15)14-1-2-14)27(24,25)16-4-5-16/h3,6,11-14,16H,1-2,4-5,7-10H2/b18-11+. The Morgan fingerprint density at radius 3 is 2.37 bits per heavy atom. The second kappa shape index (κ2) is 7.28. The van der Waals surface area contributed by atoms with Crippen molar-refractivity contribution in [1.29, 1.82) is 0 Å². The molecule has 4 rings (SSSR count). The quantitative estimate of drug-likeness (QED) is 0.548. The highest BCUT2D eigenvalue weighted by molar-refractivity contribution is 7.92. The maximum Gasteiger partial charge on any atom is 0.317 e. The highest BCUT2D eigenvalue weighted by Gasteiger charge is 2.40. The van der Waals surface area contributed by atoms with E-state index in [-0.39, 0.29) is 22.7 Å². The van der Waals surface area contributed by atoms with Crippen molar-refractivity contribution >= 4 is 21.3 Å². The normalized spacial score (nSPS) is 21.9. The van der Waals surface area contributed by atoms with Crippen LogP contribution in [0.3, 0.4) is 0 Å². The van der Waals surface area contributed by atoms with Gasteiger partial charge in [0.25, 0.3) is 0 Å². The molecule has 27 heavy (non-hydrogen) atoms. The first-order valence-corrected chi connectivity index (χ1v) is 11.1. The molecule has 0 radical (unpaired) electrons. The molecule has 0 aromatic heterocycles. The summed E-state index contributed by atoms with van der Waals surface area (Å²) in [6, 6.07) is 5.06. The molecule has 6 nitrogen and oxygen atoms in total. The van der Waals surface area contributed by atoms with Crippen molar-refractivity contribution in [3.05, 3.63) is 40.3 Å². The summed E-state index contributed by atoms with van der Waals surface area (Å²) >= 11 is 0. The van der Waals surface area contributed by atoms with Crippen LogP contribution in [0, 0.1) is 10.8 Å². The lowest BCUT2D eigenvalue weighted by Crippen LogP contribution is -2.15. The molecule has 1 aliphatic heterocycles. The van der Waals surface area contributed by atoms with E-state index in [2.05, 4.69) is 5.18 Å². The van der Waals surface area contributed by atoms with Gasteiger partial charge in [-0.1, -0.05) is 12.1 Å². The topological polar surface area (TPSA) is 89.9 Å². The number of sulfone groups is 1. The Hall–Kier alpha value is -1.86. The van der Waals surface area contributed by atoms with Crippen LogP contribution >= 0.6 is 0 Å². The van der Waals surface area contributed by atoms with Crippen molar-refractivity contribution in [3.8, 4) is 0 Å². The summed E-state index contributed by atoms with van der Waals surface area (Å²) in [6.07, 6.45) is 6.74. The fourth-order valence-corrected chi connectivity index (χ4v) is 5.63. The first-order valence-electron chi connectivity index (χ1n) is 9.56. The van der Waals surface area contributed by atoms with Crippen LogP contribution in [-0.4, -0.2) is 32.8 Å². The molecule has 3 fully saturated rings. The number of carbonyl (C=O) groups excluding carboxylic acids is 1. The van der Waals surface area contributed by atoms with E-state index in [4.69, 9.17) is 4.74 Å². The van der Waals surface area contributed by atoms with E-state index < -0.39 is 15.7 Å². The third-order valence-electron chi connectivity index (χ3n) is 5.59. The Bertz CT molecular complexity index is 891. The van der Waals surface area contributed by atoms with Crippen molar-refractivity contribution in [2.75, 3.05) is 13.2 Å². The molecule has 2 saturated carbocycles. The highest BCUT2D eigenvalue weighted by atomic mass is 32.2. The lowest BCUT2D eigenvalue weighted by Gasteiger charge is -2.20. The molecule has 1 heterocycles. The van der Waals surface area contributed by atoms with Gasteiger partial charge in [-0.25, -0.2) is 8.42 Å². The summed E-state index contributed by atoms with van der Waals surface area (Å²) < 4.78 is 30.9. The fourth-order valence-electron chi connectivity index (χ4n) is 3.70. The van der Waals surface area contributed by atoms with Gasteiger partial charge in [0, 0.05) is 24.0 Å². The maximum atomic E-state index is 12.8. The van der Waals surface area contributed by atoms with E-state index in [0.717, 1.165) is 44.1 Å². The fraction of sp³-hybridized carbons (Fsp3) is 0.550. The zero-order chi connectivity index (χ0) is 19.0. The van der Waals surface area contributed by atoms with Gasteiger partial charge in [0.05, 0.1) is 10.1 Å². The summed E-state index contributed by atoms with van der Waals surface area (Å²) in [5, 5.41) is 2.36. The van der Waals surface area contributed by atoms with Gasteiger partial charge in [0.1, 0.15) is 0 Å². The molecule has 0 spiro atoms. The van der Waals surface area contributed by atoms with Gasteiger partial charge >= 0.3 is 5.91 Å². The largest absolute Gasteiger partial charge is 0.381 e. The SMILES string of the molecule is O=NC(=O)/C(=C/C1CCOCC1)c1ccc(S(=O)(=O)C2CC2)c(C2CC2)c1. The van der Waals surface area contributed by atoms with Crippen molar-refractivity contribution in [2.24, 2.45) is 11.1 Å². The number of allylic oxidation sites excluding steroid dienone is 1. The van der Waals surface area contributed by atoms with Gasteiger partial charge in [0.2, 0.25) is 0 Å². The van der Waals surface area contributed by atoms with Gasteiger partial charge in [-0.3, -0.25) is 4.79 Å². The minimum absolute atomic E-state index is 0.152. The molecule has 2 aliphatic carbocycles. The van der Waals surface area contributed by atoms with Gasteiger partial charge in [-0.05, 0) is 73.6 Å². The smallest absolute Gasteiger partial charge is 0.317 e. The summed E-state index contributed by atoms with van der Waals surface area (Å²) in [7, 11) is -3.30. The predicted octanol–water partition coefficient (Wildman–Crippen LogP) is 3.60. The Kier molecular flexibility index (Phi) is 4.99. The van der Waals surface area contributed by atoms with Crippen LogP contribution in [0.2, 0.25) is 0 Å². The zero-order valence-electron chi connectivity index (χ0n) is 15.1. The molecule has 3 aliphatic rings. The molecule has 1 saturated heterocycles. The number of carbonyl (C=O) groups is 1. The first-order chi connectivity index (χ1) is 13.0. The van der Waals surface area contributed by atoms with Crippen LogP contribution in [0.5, 0.6) is 0 Å². The molecule has 1 aromatic carbocycles. The van der Waals surface area contributed by atoms with Crippen LogP contribution < -0.4 is 0 Å². The molecular formula is C20H23NO5S. The molecule has 0 bridgehead atoms. The Morgan fingerprint density at radius 2 is 1.78 bits per heavy atom. The third kappa shape index (κ3) is 3.89. The van der Waals surface area contributed by atoms with E-state index in [1.54, 1.807) is 18.2 Å². The monoisotopic (exact) mass is 389 g/mol. The number of hydrogen-bond donors (Lipinski definition) is 0. The first kappa shape index (κ1) is 18.5. The predicted molar refractivity (Wildman–Crippen MR) is 101 cm³/mol. The molecule has 0 atom stereocenters. The molecular weight excluding hydrogens is 366 g/mol. The zero-order valence-corrected chi connectivity index (χ0v) is 15.9. The Morgan fingerprint density at radius 1 is 1.07 bits per heavy atom. The van der Waals surface area contributed by atoms with Crippen LogP contribution in [0.15, 0.2) is 34.3 Å². The van der Waals surface area contributed by atoms with E-state index in [1.807, 2.05) is 6.08 Å². The van der Waals surface area contributed by atoms with E-state index in [0.29, 0.717) is 23.7 Å². The number of hydrogen-bond acceptors (Lipinski definition) is 5. The number of amides is 1. The van der Waals surface area contributed by atoms with Crippen LogP contribution in [0.1, 0.15) is 55.6 Å². The minimum Gasteiger partial charge on any atom is -0.381 e.